The first kappa shape index (κ1) is 23.1. The monoisotopic (exact) mass is 444 g/mol. The molecule has 0 aliphatic carbocycles. The predicted octanol–water partition coefficient (Wildman–Crippen LogP) is 0.945. The second kappa shape index (κ2) is 10.6. The van der Waals surface area contributed by atoms with Gasteiger partial charge in [0.05, 0.1) is 23.6 Å². The Morgan fingerprint density at radius 3 is 2.50 bits per heavy atom. The van der Waals surface area contributed by atoms with Gasteiger partial charge in [0.25, 0.3) is 0 Å². The molecule has 3 atom stereocenters. The average molecular weight is 445 g/mol. The number of carbonyl (C=O) groups excluding carboxylic acids is 1. The maximum atomic E-state index is 13.0. The fourth-order valence-electron chi connectivity index (χ4n) is 3.82. The molecular formula is C20H29FN2O6S. The third kappa shape index (κ3) is 6.21. The van der Waals surface area contributed by atoms with Crippen LogP contribution in [0.4, 0.5) is 4.39 Å². The SMILES string of the molecule is O=C(N[C@H]1CC[C@@H](CCNS(=O)(=O)c2ccc(F)cc2)O[C@H]1CO)C1CCOCC1. The lowest BCUT2D eigenvalue weighted by Crippen LogP contribution is -2.52. The molecule has 0 spiro atoms. The summed E-state index contributed by atoms with van der Waals surface area (Å²) in [6, 6.07) is 4.35. The van der Waals surface area contributed by atoms with E-state index in [1.165, 1.54) is 12.1 Å². The van der Waals surface area contributed by atoms with Crippen molar-refractivity contribution in [3.63, 3.8) is 0 Å². The third-order valence-electron chi connectivity index (χ3n) is 5.60. The van der Waals surface area contributed by atoms with Crippen LogP contribution in [0.25, 0.3) is 0 Å². The summed E-state index contributed by atoms with van der Waals surface area (Å²) in [5, 5.41) is 12.7. The van der Waals surface area contributed by atoms with E-state index < -0.39 is 21.9 Å². The van der Waals surface area contributed by atoms with Gasteiger partial charge in [0.15, 0.2) is 0 Å². The first-order valence-corrected chi connectivity index (χ1v) is 11.8. The third-order valence-corrected chi connectivity index (χ3v) is 7.07. The average Bonchev–Trinajstić information content (AvgIpc) is 2.75. The Balaban J connectivity index is 1.45. The van der Waals surface area contributed by atoms with Crippen molar-refractivity contribution in [2.45, 2.75) is 55.2 Å². The minimum atomic E-state index is -3.72. The van der Waals surface area contributed by atoms with E-state index in [0.29, 0.717) is 45.3 Å². The van der Waals surface area contributed by atoms with Gasteiger partial charge in [-0.15, -0.1) is 0 Å². The molecule has 1 aromatic carbocycles. The number of hydrogen-bond donors (Lipinski definition) is 3. The molecule has 0 radical (unpaired) electrons. The van der Waals surface area contributed by atoms with E-state index in [4.69, 9.17) is 9.47 Å². The van der Waals surface area contributed by atoms with E-state index in [1.54, 1.807) is 0 Å². The van der Waals surface area contributed by atoms with Gasteiger partial charge >= 0.3 is 0 Å². The largest absolute Gasteiger partial charge is 0.394 e. The Hall–Kier alpha value is -1.59. The number of ether oxygens (including phenoxy) is 2. The van der Waals surface area contributed by atoms with Crippen LogP contribution in [0.2, 0.25) is 0 Å². The number of benzene rings is 1. The Bertz CT molecular complexity index is 798. The van der Waals surface area contributed by atoms with Crippen molar-refractivity contribution >= 4 is 15.9 Å². The second-order valence-electron chi connectivity index (χ2n) is 7.70. The quantitative estimate of drug-likeness (QED) is 0.550. The van der Waals surface area contributed by atoms with Gasteiger partial charge in [0.1, 0.15) is 11.9 Å². The van der Waals surface area contributed by atoms with Crippen LogP contribution in [0.15, 0.2) is 29.2 Å². The highest BCUT2D eigenvalue weighted by Gasteiger charge is 2.33. The lowest BCUT2D eigenvalue weighted by molar-refractivity contribution is -0.134. The van der Waals surface area contributed by atoms with Gasteiger partial charge in [-0.25, -0.2) is 17.5 Å². The smallest absolute Gasteiger partial charge is 0.240 e. The molecule has 1 aromatic rings. The molecule has 0 saturated carbocycles. The number of aliphatic hydroxyl groups excluding tert-OH is 1. The number of amides is 1. The first-order valence-electron chi connectivity index (χ1n) is 10.3. The lowest BCUT2D eigenvalue weighted by Gasteiger charge is -2.37. The number of nitrogens with one attached hydrogen (secondary N) is 2. The van der Waals surface area contributed by atoms with E-state index in [0.717, 1.165) is 12.1 Å². The highest BCUT2D eigenvalue weighted by atomic mass is 32.2. The van der Waals surface area contributed by atoms with E-state index >= 15 is 0 Å². The van der Waals surface area contributed by atoms with Crippen LogP contribution in [-0.4, -0.2) is 64.0 Å². The molecule has 2 saturated heterocycles. The van der Waals surface area contributed by atoms with Crippen LogP contribution in [0.1, 0.15) is 32.1 Å². The van der Waals surface area contributed by atoms with Crippen LogP contribution >= 0.6 is 0 Å². The fraction of sp³-hybridized carbons (Fsp3) is 0.650. The van der Waals surface area contributed by atoms with Crippen LogP contribution in [0, 0.1) is 11.7 Å². The van der Waals surface area contributed by atoms with Gasteiger partial charge in [-0.3, -0.25) is 4.79 Å². The van der Waals surface area contributed by atoms with Crippen molar-refractivity contribution in [1.82, 2.24) is 10.0 Å². The number of aliphatic hydroxyl groups is 1. The second-order valence-corrected chi connectivity index (χ2v) is 9.47. The normalized spacial score (nSPS) is 25.7. The highest BCUT2D eigenvalue weighted by molar-refractivity contribution is 7.89. The van der Waals surface area contributed by atoms with E-state index in [-0.39, 0.29) is 42.0 Å². The molecule has 8 nitrogen and oxygen atoms in total. The summed E-state index contributed by atoms with van der Waals surface area (Å²) in [6.07, 6.45) is 2.36. The molecule has 10 heteroatoms. The van der Waals surface area contributed by atoms with Gasteiger partial charge in [-0.05, 0) is 56.4 Å². The summed E-state index contributed by atoms with van der Waals surface area (Å²) in [5.41, 5.74) is 0. The number of hydrogen-bond acceptors (Lipinski definition) is 6. The van der Waals surface area contributed by atoms with Gasteiger partial charge in [-0.2, -0.15) is 0 Å². The molecule has 0 aromatic heterocycles. The molecule has 2 aliphatic heterocycles. The minimum absolute atomic E-state index is 0.00223. The number of carbonyl (C=O) groups is 1. The molecule has 168 valence electrons. The summed E-state index contributed by atoms with van der Waals surface area (Å²) in [6.45, 7) is 1.09. The van der Waals surface area contributed by atoms with E-state index in [1.807, 2.05) is 0 Å². The van der Waals surface area contributed by atoms with E-state index in [9.17, 15) is 22.7 Å². The zero-order valence-electron chi connectivity index (χ0n) is 16.8. The highest BCUT2D eigenvalue weighted by Crippen LogP contribution is 2.23. The van der Waals surface area contributed by atoms with Crippen molar-refractivity contribution in [2.75, 3.05) is 26.4 Å². The fourth-order valence-corrected chi connectivity index (χ4v) is 4.87. The molecule has 2 heterocycles. The molecule has 0 bridgehead atoms. The molecule has 2 aliphatic rings. The maximum Gasteiger partial charge on any atom is 0.240 e. The number of halogens is 1. The summed E-state index contributed by atoms with van der Waals surface area (Å²) < 4.78 is 51.2. The molecule has 30 heavy (non-hydrogen) atoms. The summed E-state index contributed by atoms with van der Waals surface area (Å²) in [7, 11) is -3.72. The molecular weight excluding hydrogens is 415 g/mol. The van der Waals surface area contributed by atoms with Crippen LogP contribution < -0.4 is 10.0 Å². The first-order chi connectivity index (χ1) is 14.4. The summed E-state index contributed by atoms with van der Waals surface area (Å²) >= 11 is 0. The molecule has 0 unspecified atom stereocenters. The zero-order chi connectivity index (χ0) is 21.6. The maximum absolute atomic E-state index is 13.0. The van der Waals surface area contributed by atoms with Crippen LogP contribution in [-0.2, 0) is 24.3 Å². The van der Waals surface area contributed by atoms with Crippen molar-refractivity contribution in [3.05, 3.63) is 30.1 Å². The number of rotatable bonds is 8. The standard InChI is InChI=1S/C20H29FN2O6S/c21-15-1-4-17(5-2-15)30(26,27)22-10-7-16-3-6-18(19(13-24)29-16)23-20(25)14-8-11-28-12-9-14/h1-2,4-5,14,16,18-19,22,24H,3,6-13H2,(H,23,25)/t16-,18-,19-/m0/s1. The minimum Gasteiger partial charge on any atom is -0.394 e. The van der Waals surface area contributed by atoms with Crippen molar-refractivity contribution in [1.29, 1.82) is 0 Å². The van der Waals surface area contributed by atoms with Crippen molar-refractivity contribution in [2.24, 2.45) is 5.92 Å². The van der Waals surface area contributed by atoms with Gasteiger partial charge < -0.3 is 19.9 Å². The number of sulfonamides is 1. The lowest BCUT2D eigenvalue weighted by atomic mass is 9.94. The van der Waals surface area contributed by atoms with Crippen molar-refractivity contribution < 1.29 is 32.2 Å². The Morgan fingerprint density at radius 1 is 1.13 bits per heavy atom. The molecule has 3 N–H and O–H groups in total. The van der Waals surface area contributed by atoms with E-state index in [2.05, 4.69) is 10.0 Å². The summed E-state index contributed by atoms with van der Waals surface area (Å²) in [4.78, 5) is 12.4. The van der Waals surface area contributed by atoms with Gasteiger partial charge in [0, 0.05) is 25.7 Å². The van der Waals surface area contributed by atoms with Gasteiger partial charge in [0.2, 0.25) is 15.9 Å². The summed E-state index contributed by atoms with van der Waals surface area (Å²) in [5.74, 6) is -0.606. The Labute approximate surface area is 176 Å². The van der Waals surface area contributed by atoms with Crippen LogP contribution in [0.3, 0.4) is 0 Å². The molecule has 3 rings (SSSR count). The molecule has 2 fully saturated rings. The zero-order valence-corrected chi connectivity index (χ0v) is 17.6. The topological polar surface area (TPSA) is 114 Å². The van der Waals surface area contributed by atoms with Crippen molar-refractivity contribution in [3.8, 4) is 0 Å². The Kier molecular flexibility index (Phi) is 8.18. The molecule has 1 amide bonds. The predicted molar refractivity (Wildman–Crippen MR) is 107 cm³/mol. The van der Waals surface area contributed by atoms with Gasteiger partial charge in [-0.1, -0.05) is 0 Å². The Morgan fingerprint density at radius 2 is 1.83 bits per heavy atom. The van der Waals surface area contributed by atoms with Crippen LogP contribution in [0.5, 0.6) is 0 Å².